The Morgan fingerprint density at radius 1 is 1.13 bits per heavy atom. The minimum atomic E-state index is 0. The van der Waals surface area contributed by atoms with Crippen LogP contribution in [-0.4, -0.2) is 40.4 Å². The van der Waals surface area contributed by atoms with E-state index in [-0.39, 0.29) is 24.0 Å². The molecule has 0 aliphatic heterocycles. The van der Waals surface area contributed by atoms with Gasteiger partial charge in [-0.15, -0.1) is 24.0 Å². The molecule has 132 valence electrons. The number of halogens is 1. The minimum Gasteiger partial charge on any atom is -0.496 e. The first-order valence-electron chi connectivity index (χ1n) is 7.34. The molecule has 0 aromatic heterocycles. The number of nitrogens with two attached hydrogens (primary N) is 1. The monoisotopic (exact) mass is 437 g/mol. The quantitative estimate of drug-likeness (QED) is 0.371. The van der Waals surface area contributed by atoms with Gasteiger partial charge in [-0.2, -0.15) is 0 Å². The lowest BCUT2D eigenvalue weighted by Gasteiger charge is -2.15. The zero-order chi connectivity index (χ0) is 16.5. The molecule has 0 saturated carbocycles. The molecular weight excluding hydrogens is 409 g/mol. The van der Waals surface area contributed by atoms with Crippen molar-refractivity contribution in [3.05, 3.63) is 17.7 Å². The van der Waals surface area contributed by atoms with Crippen molar-refractivity contribution in [2.24, 2.45) is 16.6 Å². The van der Waals surface area contributed by atoms with Crippen molar-refractivity contribution in [3.8, 4) is 17.2 Å². The summed E-state index contributed by atoms with van der Waals surface area (Å²) in [6, 6.07) is 3.68. The lowest BCUT2D eigenvalue weighted by atomic mass is 10.1. The van der Waals surface area contributed by atoms with Crippen LogP contribution in [0.25, 0.3) is 0 Å². The van der Waals surface area contributed by atoms with Crippen molar-refractivity contribution in [2.45, 2.75) is 20.3 Å². The molecule has 1 rings (SSSR count). The second-order valence-corrected chi connectivity index (χ2v) is 5.31. The third kappa shape index (κ3) is 7.15. The second kappa shape index (κ2) is 11.2. The van der Waals surface area contributed by atoms with Gasteiger partial charge in [0.25, 0.3) is 0 Å². The first-order valence-corrected chi connectivity index (χ1v) is 7.34. The van der Waals surface area contributed by atoms with Gasteiger partial charge in [0.2, 0.25) is 0 Å². The highest BCUT2D eigenvalue weighted by Gasteiger charge is 2.13. The molecule has 0 saturated heterocycles. The normalized spacial score (nSPS) is 11.0. The van der Waals surface area contributed by atoms with Gasteiger partial charge in [-0.3, -0.25) is 4.99 Å². The van der Waals surface area contributed by atoms with Crippen molar-refractivity contribution < 1.29 is 14.2 Å². The van der Waals surface area contributed by atoms with Gasteiger partial charge in [0.05, 0.1) is 21.3 Å². The van der Waals surface area contributed by atoms with Crippen molar-refractivity contribution in [1.82, 2.24) is 5.32 Å². The number of hydrogen-bond acceptors (Lipinski definition) is 4. The van der Waals surface area contributed by atoms with E-state index in [0.29, 0.717) is 37.1 Å². The molecule has 0 fully saturated rings. The SMILES string of the molecule is COc1cc(OC)c(CCNC(N)=NCC(C)C)c(OC)c1.I. The lowest BCUT2D eigenvalue weighted by molar-refractivity contribution is 0.368. The summed E-state index contributed by atoms with van der Waals surface area (Å²) in [6.45, 7) is 5.56. The maximum atomic E-state index is 5.83. The molecule has 6 nitrogen and oxygen atoms in total. The van der Waals surface area contributed by atoms with Gasteiger partial charge in [0.1, 0.15) is 17.2 Å². The summed E-state index contributed by atoms with van der Waals surface area (Å²) < 4.78 is 16.1. The molecule has 3 N–H and O–H groups in total. The first-order chi connectivity index (χ1) is 10.5. The van der Waals surface area contributed by atoms with Gasteiger partial charge in [-0.25, -0.2) is 0 Å². The molecule has 0 atom stereocenters. The summed E-state index contributed by atoms with van der Waals surface area (Å²) in [7, 11) is 4.87. The highest BCUT2D eigenvalue weighted by molar-refractivity contribution is 14.0. The fourth-order valence-corrected chi connectivity index (χ4v) is 1.98. The van der Waals surface area contributed by atoms with Crippen LogP contribution in [0.15, 0.2) is 17.1 Å². The van der Waals surface area contributed by atoms with E-state index in [9.17, 15) is 0 Å². The molecular formula is C16H28IN3O3. The summed E-state index contributed by atoms with van der Waals surface area (Å²) in [5, 5.41) is 3.10. The molecule has 0 spiro atoms. The Morgan fingerprint density at radius 2 is 1.70 bits per heavy atom. The standard InChI is InChI=1S/C16H27N3O3.HI/c1-11(2)10-19-16(17)18-7-6-13-14(21-4)8-12(20-3)9-15(13)22-5;/h8-9,11H,6-7,10H2,1-5H3,(H3,17,18,19);1H. The van der Waals surface area contributed by atoms with Crippen molar-refractivity contribution in [2.75, 3.05) is 34.4 Å². The van der Waals surface area contributed by atoms with Gasteiger partial charge in [0.15, 0.2) is 5.96 Å². The molecule has 0 amide bonds. The molecule has 1 aromatic rings. The van der Waals surface area contributed by atoms with Crippen LogP contribution in [0, 0.1) is 5.92 Å². The number of aliphatic imine (C=N–C) groups is 1. The van der Waals surface area contributed by atoms with E-state index in [1.54, 1.807) is 21.3 Å². The molecule has 0 heterocycles. The van der Waals surface area contributed by atoms with Gasteiger partial charge < -0.3 is 25.3 Å². The number of nitrogens with zero attached hydrogens (tertiary/aromatic N) is 1. The summed E-state index contributed by atoms with van der Waals surface area (Å²) >= 11 is 0. The van der Waals surface area contributed by atoms with Gasteiger partial charge >= 0.3 is 0 Å². The summed E-state index contributed by atoms with van der Waals surface area (Å²) in [5.74, 6) is 3.11. The largest absolute Gasteiger partial charge is 0.496 e. The third-order valence-corrected chi connectivity index (χ3v) is 3.12. The molecule has 0 aliphatic rings. The molecule has 1 aromatic carbocycles. The van der Waals surface area contributed by atoms with Gasteiger partial charge in [0, 0.05) is 30.8 Å². The number of rotatable bonds is 8. The van der Waals surface area contributed by atoms with E-state index in [4.69, 9.17) is 19.9 Å². The zero-order valence-electron chi connectivity index (χ0n) is 14.5. The Balaban J connectivity index is 0.00000484. The Kier molecular flexibility index (Phi) is 10.5. The number of methoxy groups -OCH3 is 3. The van der Waals surface area contributed by atoms with Crippen LogP contribution in [0.2, 0.25) is 0 Å². The smallest absolute Gasteiger partial charge is 0.188 e. The van der Waals surface area contributed by atoms with Crippen molar-refractivity contribution in [1.29, 1.82) is 0 Å². The number of ether oxygens (including phenoxy) is 3. The average Bonchev–Trinajstić information content (AvgIpc) is 2.52. The van der Waals surface area contributed by atoms with E-state index in [2.05, 4.69) is 24.2 Å². The maximum Gasteiger partial charge on any atom is 0.188 e. The number of nitrogens with one attached hydrogen (secondary N) is 1. The maximum absolute atomic E-state index is 5.83. The van der Waals surface area contributed by atoms with Crippen LogP contribution in [0.1, 0.15) is 19.4 Å². The second-order valence-electron chi connectivity index (χ2n) is 5.31. The Morgan fingerprint density at radius 3 is 2.13 bits per heavy atom. The van der Waals surface area contributed by atoms with Crippen molar-refractivity contribution >= 4 is 29.9 Å². The van der Waals surface area contributed by atoms with Gasteiger partial charge in [-0.05, 0) is 12.3 Å². The fraction of sp³-hybridized carbons (Fsp3) is 0.562. The number of guanidine groups is 1. The summed E-state index contributed by atoms with van der Waals surface area (Å²) in [5.41, 5.74) is 6.80. The lowest BCUT2D eigenvalue weighted by Crippen LogP contribution is -2.33. The summed E-state index contributed by atoms with van der Waals surface area (Å²) in [4.78, 5) is 4.27. The van der Waals surface area contributed by atoms with Gasteiger partial charge in [-0.1, -0.05) is 13.8 Å². The van der Waals surface area contributed by atoms with E-state index in [1.165, 1.54) is 0 Å². The highest BCUT2D eigenvalue weighted by Crippen LogP contribution is 2.34. The number of hydrogen-bond donors (Lipinski definition) is 2. The Labute approximate surface area is 155 Å². The average molecular weight is 437 g/mol. The fourth-order valence-electron chi connectivity index (χ4n) is 1.98. The van der Waals surface area contributed by atoms with E-state index in [1.807, 2.05) is 12.1 Å². The number of benzene rings is 1. The summed E-state index contributed by atoms with van der Waals surface area (Å²) in [6.07, 6.45) is 0.703. The minimum absolute atomic E-state index is 0. The van der Waals surface area contributed by atoms with Crippen LogP contribution in [0.5, 0.6) is 17.2 Å². The molecule has 0 aliphatic carbocycles. The topological polar surface area (TPSA) is 78.1 Å². The van der Waals surface area contributed by atoms with Crippen molar-refractivity contribution in [3.63, 3.8) is 0 Å². The van der Waals surface area contributed by atoms with E-state index < -0.39 is 0 Å². The predicted octanol–water partition coefficient (Wildman–Crippen LogP) is 2.43. The first kappa shape index (κ1) is 21.6. The van der Waals surface area contributed by atoms with E-state index in [0.717, 1.165) is 17.1 Å². The molecule has 7 heteroatoms. The highest BCUT2D eigenvalue weighted by atomic mass is 127. The van der Waals surface area contributed by atoms with Crippen LogP contribution < -0.4 is 25.3 Å². The zero-order valence-corrected chi connectivity index (χ0v) is 16.8. The Bertz CT molecular complexity index is 482. The van der Waals surface area contributed by atoms with Crippen LogP contribution in [0.3, 0.4) is 0 Å². The third-order valence-electron chi connectivity index (χ3n) is 3.12. The van der Waals surface area contributed by atoms with Crippen LogP contribution in [-0.2, 0) is 6.42 Å². The van der Waals surface area contributed by atoms with Crippen LogP contribution >= 0.6 is 24.0 Å². The molecule has 23 heavy (non-hydrogen) atoms. The van der Waals surface area contributed by atoms with Crippen LogP contribution in [0.4, 0.5) is 0 Å². The molecule has 0 radical (unpaired) electrons. The molecule has 0 unspecified atom stereocenters. The van der Waals surface area contributed by atoms with E-state index >= 15 is 0 Å². The predicted molar refractivity (Wildman–Crippen MR) is 105 cm³/mol. The molecule has 0 bridgehead atoms. The Hall–Kier alpha value is -1.38.